The summed E-state index contributed by atoms with van der Waals surface area (Å²) in [5, 5.41) is 3.05. The molecule has 1 N–H and O–H groups in total. The summed E-state index contributed by atoms with van der Waals surface area (Å²) in [6.45, 7) is 10.3. The van der Waals surface area contributed by atoms with E-state index in [0.29, 0.717) is 36.8 Å². The van der Waals surface area contributed by atoms with Crippen molar-refractivity contribution in [2.45, 2.75) is 20.5 Å². The van der Waals surface area contributed by atoms with Crippen LogP contribution in [0.1, 0.15) is 28.4 Å². The fraction of sp³-hybridized carbons (Fsp3) is 0.357. The number of amides is 1. The SMILES string of the molecule is CCOc1cc(C(=O)NCCN2CCN(c3cccc(C)c3)CC2)ccc1OCc1ccncc1. The summed E-state index contributed by atoms with van der Waals surface area (Å²) in [5.41, 5.74) is 4.16. The summed E-state index contributed by atoms with van der Waals surface area (Å²) in [7, 11) is 0. The average Bonchev–Trinajstić information content (AvgIpc) is 2.89. The second kappa shape index (κ2) is 12.2. The summed E-state index contributed by atoms with van der Waals surface area (Å²) in [5.74, 6) is 1.08. The normalized spacial score (nSPS) is 13.9. The molecule has 35 heavy (non-hydrogen) atoms. The number of benzene rings is 2. The Morgan fingerprint density at radius 1 is 0.971 bits per heavy atom. The van der Waals surface area contributed by atoms with Gasteiger partial charge in [-0.05, 0) is 67.4 Å². The predicted octanol–water partition coefficient (Wildman–Crippen LogP) is 3.92. The lowest BCUT2D eigenvalue weighted by Crippen LogP contribution is -2.48. The third-order valence-corrected chi connectivity index (χ3v) is 6.10. The number of carbonyl (C=O) groups is 1. The summed E-state index contributed by atoms with van der Waals surface area (Å²) < 4.78 is 11.7. The molecule has 0 unspecified atom stereocenters. The van der Waals surface area contributed by atoms with Crippen molar-refractivity contribution >= 4 is 11.6 Å². The Morgan fingerprint density at radius 2 is 1.77 bits per heavy atom. The zero-order chi connectivity index (χ0) is 24.5. The molecule has 7 heteroatoms. The Kier molecular flexibility index (Phi) is 8.57. The number of nitrogens with one attached hydrogen (secondary N) is 1. The molecule has 184 valence electrons. The number of nitrogens with zero attached hydrogens (tertiary/aromatic N) is 3. The molecule has 0 bridgehead atoms. The van der Waals surface area contributed by atoms with Crippen LogP contribution in [-0.4, -0.2) is 61.7 Å². The Hall–Kier alpha value is -3.58. The average molecular weight is 475 g/mol. The van der Waals surface area contributed by atoms with Gasteiger partial charge in [-0.2, -0.15) is 0 Å². The van der Waals surface area contributed by atoms with Gasteiger partial charge in [-0.15, -0.1) is 0 Å². The molecule has 1 aromatic heterocycles. The van der Waals surface area contributed by atoms with Crippen LogP contribution in [0.25, 0.3) is 0 Å². The van der Waals surface area contributed by atoms with Crippen molar-refractivity contribution in [1.29, 1.82) is 0 Å². The van der Waals surface area contributed by atoms with Crippen molar-refractivity contribution < 1.29 is 14.3 Å². The lowest BCUT2D eigenvalue weighted by molar-refractivity contribution is 0.0947. The zero-order valence-electron chi connectivity index (χ0n) is 20.6. The van der Waals surface area contributed by atoms with E-state index in [9.17, 15) is 4.79 Å². The standard InChI is InChI=1S/C28H34N4O3/c1-3-34-27-20-24(7-8-26(27)35-21-23-9-11-29-12-10-23)28(33)30-13-14-31-15-17-32(18-16-31)25-6-4-5-22(2)19-25/h4-12,19-20H,3,13-18,21H2,1-2H3,(H,30,33). The predicted molar refractivity (Wildman–Crippen MR) is 138 cm³/mol. The number of ether oxygens (including phenoxy) is 2. The van der Waals surface area contributed by atoms with Gasteiger partial charge < -0.3 is 19.7 Å². The molecule has 1 aliphatic rings. The maximum Gasteiger partial charge on any atom is 0.251 e. The number of hydrogen-bond acceptors (Lipinski definition) is 6. The molecule has 0 radical (unpaired) electrons. The van der Waals surface area contributed by atoms with Crippen molar-refractivity contribution in [2.75, 3.05) is 50.8 Å². The largest absolute Gasteiger partial charge is 0.490 e. The Labute approximate surface area is 207 Å². The highest BCUT2D eigenvalue weighted by Crippen LogP contribution is 2.29. The Morgan fingerprint density at radius 3 is 2.51 bits per heavy atom. The molecule has 1 saturated heterocycles. The monoisotopic (exact) mass is 474 g/mol. The van der Waals surface area contributed by atoms with Crippen LogP contribution in [0.3, 0.4) is 0 Å². The molecule has 1 amide bonds. The molecule has 0 saturated carbocycles. The van der Waals surface area contributed by atoms with Gasteiger partial charge in [0.2, 0.25) is 0 Å². The highest BCUT2D eigenvalue weighted by molar-refractivity contribution is 5.94. The molecule has 7 nitrogen and oxygen atoms in total. The van der Waals surface area contributed by atoms with Gasteiger partial charge in [0, 0.05) is 62.9 Å². The third kappa shape index (κ3) is 6.96. The fourth-order valence-corrected chi connectivity index (χ4v) is 4.16. The van der Waals surface area contributed by atoms with Crippen LogP contribution >= 0.6 is 0 Å². The van der Waals surface area contributed by atoms with Gasteiger partial charge in [0.1, 0.15) is 6.61 Å². The van der Waals surface area contributed by atoms with Gasteiger partial charge in [-0.25, -0.2) is 0 Å². The van der Waals surface area contributed by atoms with Crippen molar-refractivity contribution in [3.63, 3.8) is 0 Å². The smallest absolute Gasteiger partial charge is 0.251 e. The van der Waals surface area contributed by atoms with Gasteiger partial charge in [0.05, 0.1) is 6.61 Å². The molecule has 3 aromatic rings. The summed E-state index contributed by atoms with van der Waals surface area (Å²) in [6, 6.07) is 17.8. The first kappa shape index (κ1) is 24.5. The Balaban J connectivity index is 1.25. The molecule has 0 aliphatic carbocycles. The lowest BCUT2D eigenvalue weighted by Gasteiger charge is -2.36. The van der Waals surface area contributed by atoms with Crippen LogP contribution in [0, 0.1) is 6.92 Å². The van der Waals surface area contributed by atoms with Crippen molar-refractivity contribution in [1.82, 2.24) is 15.2 Å². The second-order valence-electron chi connectivity index (χ2n) is 8.66. The van der Waals surface area contributed by atoms with Crippen LogP contribution in [-0.2, 0) is 6.61 Å². The summed E-state index contributed by atoms with van der Waals surface area (Å²) in [6.07, 6.45) is 3.47. The van der Waals surface area contributed by atoms with Crippen LogP contribution in [0.4, 0.5) is 5.69 Å². The number of aromatic nitrogens is 1. The van der Waals surface area contributed by atoms with Crippen LogP contribution in [0.5, 0.6) is 11.5 Å². The highest BCUT2D eigenvalue weighted by atomic mass is 16.5. The van der Waals surface area contributed by atoms with Crippen molar-refractivity contribution in [3.05, 3.63) is 83.7 Å². The van der Waals surface area contributed by atoms with Crippen molar-refractivity contribution in [3.8, 4) is 11.5 Å². The molecule has 0 atom stereocenters. The second-order valence-corrected chi connectivity index (χ2v) is 8.66. The van der Waals surface area contributed by atoms with E-state index in [1.807, 2.05) is 19.1 Å². The molecule has 1 aliphatic heterocycles. The summed E-state index contributed by atoms with van der Waals surface area (Å²) in [4.78, 5) is 21.6. The van der Waals surface area contributed by atoms with Gasteiger partial charge >= 0.3 is 0 Å². The first-order chi connectivity index (χ1) is 17.1. The Bertz CT molecular complexity index is 1100. The van der Waals surface area contributed by atoms with E-state index < -0.39 is 0 Å². The minimum atomic E-state index is -0.106. The van der Waals surface area contributed by atoms with E-state index in [4.69, 9.17) is 9.47 Å². The van der Waals surface area contributed by atoms with E-state index in [0.717, 1.165) is 38.3 Å². The molecule has 1 fully saturated rings. The highest BCUT2D eigenvalue weighted by Gasteiger charge is 2.18. The number of piperazine rings is 1. The molecule has 0 spiro atoms. The van der Waals surface area contributed by atoms with Crippen LogP contribution < -0.4 is 19.7 Å². The first-order valence-electron chi connectivity index (χ1n) is 12.2. The molecule has 2 heterocycles. The minimum Gasteiger partial charge on any atom is -0.490 e. The van der Waals surface area contributed by atoms with Crippen LogP contribution in [0.2, 0.25) is 0 Å². The van der Waals surface area contributed by atoms with E-state index in [2.05, 4.69) is 51.3 Å². The fourth-order valence-electron chi connectivity index (χ4n) is 4.16. The molecular formula is C28H34N4O3. The van der Waals surface area contributed by atoms with E-state index in [1.165, 1.54) is 11.3 Å². The number of aryl methyl sites for hydroxylation is 1. The van der Waals surface area contributed by atoms with E-state index in [1.54, 1.807) is 30.6 Å². The number of carbonyl (C=O) groups excluding carboxylic acids is 1. The minimum absolute atomic E-state index is 0.106. The van der Waals surface area contributed by atoms with Crippen molar-refractivity contribution in [2.24, 2.45) is 0 Å². The van der Waals surface area contributed by atoms with Crippen LogP contribution in [0.15, 0.2) is 67.0 Å². The number of anilines is 1. The molecule has 4 rings (SSSR count). The maximum atomic E-state index is 12.8. The third-order valence-electron chi connectivity index (χ3n) is 6.10. The van der Waals surface area contributed by atoms with Gasteiger partial charge in [-0.3, -0.25) is 14.7 Å². The number of pyridine rings is 1. The quantitative estimate of drug-likeness (QED) is 0.481. The zero-order valence-corrected chi connectivity index (χ0v) is 20.6. The number of hydrogen-bond donors (Lipinski definition) is 1. The molecular weight excluding hydrogens is 440 g/mol. The first-order valence-corrected chi connectivity index (χ1v) is 12.2. The van der Waals surface area contributed by atoms with Gasteiger partial charge in [0.15, 0.2) is 11.5 Å². The lowest BCUT2D eigenvalue weighted by atomic mass is 10.2. The maximum absolute atomic E-state index is 12.8. The summed E-state index contributed by atoms with van der Waals surface area (Å²) >= 11 is 0. The van der Waals surface area contributed by atoms with E-state index in [-0.39, 0.29) is 5.91 Å². The van der Waals surface area contributed by atoms with Gasteiger partial charge in [-0.1, -0.05) is 12.1 Å². The number of rotatable bonds is 10. The topological polar surface area (TPSA) is 66.9 Å². The van der Waals surface area contributed by atoms with Gasteiger partial charge in [0.25, 0.3) is 5.91 Å². The van der Waals surface area contributed by atoms with E-state index >= 15 is 0 Å². The molecule has 2 aromatic carbocycles.